The van der Waals surface area contributed by atoms with Gasteiger partial charge in [0.15, 0.2) is 0 Å². The van der Waals surface area contributed by atoms with Crippen LogP contribution in [0.25, 0.3) is 0 Å². The third-order valence-corrected chi connectivity index (χ3v) is 7.45. The van der Waals surface area contributed by atoms with Crippen LogP contribution in [0.3, 0.4) is 0 Å². The molecule has 5 nitrogen and oxygen atoms in total. The quantitative estimate of drug-likeness (QED) is 0.280. The zero-order valence-corrected chi connectivity index (χ0v) is 21.2. The van der Waals surface area contributed by atoms with Crippen LogP contribution in [0.15, 0.2) is 109 Å². The van der Waals surface area contributed by atoms with Crippen LogP contribution in [-0.2, 0) is 6.42 Å². The summed E-state index contributed by atoms with van der Waals surface area (Å²) in [5.41, 5.74) is 5.49. The van der Waals surface area contributed by atoms with Crippen LogP contribution in [0.1, 0.15) is 62.5 Å². The van der Waals surface area contributed by atoms with Crippen LogP contribution < -0.4 is 10.6 Å². The van der Waals surface area contributed by atoms with E-state index in [2.05, 4.69) is 34.9 Å². The number of nitrogens with zero attached hydrogens (tertiary/aromatic N) is 1. The number of amides is 2. The number of rotatable bonds is 9. The molecule has 2 atom stereocenters. The van der Waals surface area contributed by atoms with Gasteiger partial charge in [0.2, 0.25) is 0 Å². The summed E-state index contributed by atoms with van der Waals surface area (Å²) in [7, 11) is 0. The zero-order valence-electron chi connectivity index (χ0n) is 21.2. The largest absolute Gasteiger partial charge is 0.361 e. The highest BCUT2D eigenvalue weighted by Gasteiger charge is 2.39. The molecule has 2 aliphatic rings. The van der Waals surface area contributed by atoms with Gasteiger partial charge in [-0.15, -0.1) is 0 Å². The number of carbonyl (C=O) groups excluding carboxylic acids is 2. The second kappa shape index (κ2) is 10.5. The molecule has 2 unspecified atom stereocenters. The maximum Gasteiger partial charge on any atom is 0.256 e. The molecule has 6 rings (SSSR count). The molecule has 2 amide bonds. The lowest BCUT2D eigenvalue weighted by atomic mass is 9.98. The molecule has 2 N–H and O–H groups in total. The summed E-state index contributed by atoms with van der Waals surface area (Å²) in [5, 5.41) is 6.78. The van der Waals surface area contributed by atoms with E-state index >= 15 is 0 Å². The van der Waals surface area contributed by atoms with Gasteiger partial charge in [-0.3, -0.25) is 9.59 Å². The fourth-order valence-electron chi connectivity index (χ4n) is 5.20. The van der Waals surface area contributed by atoms with Gasteiger partial charge in [0, 0.05) is 28.9 Å². The van der Waals surface area contributed by atoms with Gasteiger partial charge in [-0.2, -0.15) is 0 Å². The minimum Gasteiger partial charge on any atom is -0.361 e. The molecule has 1 heterocycles. The van der Waals surface area contributed by atoms with Gasteiger partial charge in [-0.1, -0.05) is 78.9 Å². The van der Waals surface area contributed by atoms with Gasteiger partial charge in [-0.05, 0) is 66.6 Å². The fourth-order valence-corrected chi connectivity index (χ4v) is 5.20. The van der Waals surface area contributed by atoms with Crippen LogP contribution in [0, 0.1) is 5.92 Å². The molecule has 1 fully saturated rings. The third kappa shape index (κ3) is 5.18. The van der Waals surface area contributed by atoms with E-state index in [1.807, 2.05) is 89.8 Å². The molecular weight excluding hydrogens is 470 g/mol. The van der Waals surface area contributed by atoms with Gasteiger partial charge in [0.25, 0.3) is 11.8 Å². The van der Waals surface area contributed by atoms with E-state index in [0.717, 1.165) is 28.9 Å². The van der Waals surface area contributed by atoms with E-state index in [1.165, 1.54) is 18.4 Å². The van der Waals surface area contributed by atoms with Crippen LogP contribution in [0.2, 0.25) is 0 Å². The summed E-state index contributed by atoms with van der Waals surface area (Å²) in [6.07, 6.45) is 2.88. The molecule has 4 aromatic rings. The highest BCUT2D eigenvalue weighted by molar-refractivity contribution is 5.99. The average Bonchev–Trinajstić information content (AvgIpc) is 3.76. The monoisotopic (exact) mass is 501 g/mol. The van der Waals surface area contributed by atoms with E-state index < -0.39 is 0 Å². The first kappa shape index (κ1) is 24.0. The Morgan fingerprint density at radius 3 is 2.18 bits per heavy atom. The van der Waals surface area contributed by atoms with E-state index in [-0.39, 0.29) is 24.0 Å². The topological polar surface area (TPSA) is 61.4 Å². The van der Waals surface area contributed by atoms with Crippen LogP contribution in [0.4, 0.5) is 5.69 Å². The number of anilines is 1. The predicted octanol–water partition coefficient (Wildman–Crippen LogP) is 6.38. The van der Waals surface area contributed by atoms with Crippen molar-refractivity contribution < 1.29 is 9.59 Å². The maximum atomic E-state index is 13.3. The Hall–Kier alpha value is -4.38. The Labute approximate surface area is 223 Å². The van der Waals surface area contributed by atoms with Crippen molar-refractivity contribution in [3.63, 3.8) is 0 Å². The van der Waals surface area contributed by atoms with Crippen molar-refractivity contribution in [2.45, 2.75) is 31.5 Å². The average molecular weight is 502 g/mol. The minimum absolute atomic E-state index is 0.0892. The molecule has 1 saturated carbocycles. The highest BCUT2D eigenvalue weighted by atomic mass is 16.2. The third-order valence-electron chi connectivity index (χ3n) is 7.45. The van der Waals surface area contributed by atoms with Crippen LogP contribution >= 0.6 is 0 Å². The van der Waals surface area contributed by atoms with Gasteiger partial charge < -0.3 is 15.5 Å². The molecule has 0 radical (unpaired) electrons. The van der Waals surface area contributed by atoms with E-state index in [4.69, 9.17) is 0 Å². The van der Waals surface area contributed by atoms with E-state index in [9.17, 15) is 9.59 Å². The van der Waals surface area contributed by atoms with Gasteiger partial charge in [0.1, 0.15) is 6.17 Å². The molecule has 4 aromatic carbocycles. The summed E-state index contributed by atoms with van der Waals surface area (Å²) < 4.78 is 0. The Bertz CT molecular complexity index is 1420. The number of fused-ring (bicyclic) bond motifs is 1. The molecule has 0 bridgehead atoms. The first-order chi connectivity index (χ1) is 18.7. The van der Waals surface area contributed by atoms with Crippen molar-refractivity contribution in [3.8, 4) is 0 Å². The van der Waals surface area contributed by atoms with Crippen molar-refractivity contribution in [1.29, 1.82) is 0 Å². The van der Waals surface area contributed by atoms with E-state index in [0.29, 0.717) is 17.9 Å². The lowest BCUT2D eigenvalue weighted by Crippen LogP contribution is -2.34. The first-order valence-corrected chi connectivity index (χ1v) is 13.3. The molecule has 1 aliphatic carbocycles. The number of hydrogen-bond donors (Lipinski definition) is 2. The molecule has 5 heteroatoms. The summed E-state index contributed by atoms with van der Waals surface area (Å²) in [6, 6.07) is 35.5. The Balaban J connectivity index is 1.18. The van der Waals surface area contributed by atoms with Crippen molar-refractivity contribution in [2.24, 2.45) is 5.92 Å². The summed E-state index contributed by atoms with van der Waals surface area (Å²) >= 11 is 0. The number of carbonyl (C=O) groups is 2. The van der Waals surface area contributed by atoms with Crippen LogP contribution in [-0.4, -0.2) is 23.3 Å². The van der Waals surface area contributed by atoms with Crippen LogP contribution in [0.5, 0.6) is 0 Å². The standard InChI is InChI=1S/C33H31N3O2/c37-32(35-30(25-11-5-2-6-12-25)21-23-9-3-1-4-10-23)26-17-19-27(20-18-26)34-31-28-13-7-8-14-29(28)33(38)36(31)22-24-15-16-24/h1-14,17-20,24,30-31,34H,15-16,21-22H2,(H,35,37). The molecule has 38 heavy (non-hydrogen) atoms. The fraction of sp³-hybridized carbons (Fsp3) is 0.212. The first-order valence-electron chi connectivity index (χ1n) is 13.3. The second-order valence-corrected chi connectivity index (χ2v) is 10.2. The zero-order chi connectivity index (χ0) is 25.9. The molecule has 0 spiro atoms. The summed E-state index contributed by atoms with van der Waals surface area (Å²) in [5.74, 6) is 0.571. The Kier molecular flexibility index (Phi) is 6.65. The maximum absolute atomic E-state index is 13.3. The lowest BCUT2D eigenvalue weighted by molar-refractivity contribution is 0.0734. The predicted molar refractivity (Wildman–Crippen MR) is 150 cm³/mol. The minimum atomic E-state index is -0.202. The molecule has 0 aromatic heterocycles. The SMILES string of the molecule is O=C(NC(Cc1ccccc1)c1ccccc1)c1ccc(NC2c3ccccc3C(=O)N2CC2CC2)cc1. The normalized spacial score (nSPS) is 17.1. The lowest BCUT2D eigenvalue weighted by Gasteiger charge is -2.27. The molecule has 190 valence electrons. The van der Waals surface area contributed by atoms with Crippen molar-refractivity contribution in [2.75, 3.05) is 11.9 Å². The number of hydrogen-bond acceptors (Lipinski definition) is 3. The van der Waals surface area contributed by atoms with Crippen molar-refractivity contribution in [1.82, 2.24) is 10.2 Å². The molecular formula is C33H31N3O2. The summed E-state index contributed by atoms with van der Waals surface area (Å²) in [6.45, 7) is 0.772. The Morgan fingerprint density at radius 2 is 1.47 bits per heavy atom. The molecule has 0 saturated heterocycles. The highest BCUT2D eigenvalue weighted by Crippen LogP contribution is 2.39. The van der Waals surface area contributed by atoms with Crippen molar-refractivity contribution in [3.05, 3.63) is 137 Å². The second-order valence-electron chi connectivity index (χ2n) is 10.2. The summed E-state index contributed by atoms with van der Waals surface area (Å²) in [4.78, 5) is 28.3. The van der Waals surface area contributed by atoms with Crippen molar-refractivity contribution >= 4 is 17.5 Å². The van der Waals surface area contributed by atoms with Gasteiger partial charge >= 0.3 is 0 Å². The number of nitrogens with one attached hydrogen (secondary N) is 2. The van der Waals surface area contributed by atoms with Gasteiger partial charge in [-0.25, -0.2) is 0 Å². The molecule has 1 aliphatic heterocycles. The number of benzene rings is 4. The van der Waals surface area contributed by atoms with E-state index in [1.54, 1.807) is 0 Å². The smallest absolute Gasteiger partial charge is 0.256 e. The van der Waals surface area contributed by atoms with Gasteiger partial charge in [0.05, 0.1) is 6.04 Å². The Morgan fingerprint density at radius 1 is 0.816 bits per heavy atom.